The lowest BCUT2D eigenvalue weighted by Gasteiger charge is -2.26. The minimum absolute atomic E-state index is 0.217. The van der Waals surface area contributed by atoms with Gasteiger partial charge in [0.15, 0.2) is 0 Å². The molecule has 130 valence electrons. The van der Waals surface area contributed by atoms with Gasteiger partial charge in [-0.1, -0.05) is 0 Å². The maximum atomic E-state index is 12.0. The van der Waals surface area contributed by atoms with Crippen LogP contribution >= 0.6 is 0 Å². The zero-order valence-corrected chi connectivity index (χ0v) is 14.1. The number of amides is 1. The van der Waals surface area contributed by atoms with Gasteiger partial charge in [-0.05, 0) is 33.8 Å². The molecule has 0 radical (unpaired) electrons. The molecule has 7 nitrogen and oxygen atoms in total. The van der Waals surface area contributed by atoms with Crippen LogP contribution in [0.15, 0.2) is 18.3 Å². The van der Waals surface area contributed by atoms with Crippen LogP contribution in [0.1, 0.15) is 38.1 Å². The smallest absolute Gasteiger partial charge is 0.253 e. The number of nitrogens with one attached hydrogen (secondary N) is 1. The zero-order chi connectivity index (χ0) is 17.5. The van der Waals surface area contributed by atoms with E-state index in [0.717, 1.165) is 0 Å². The van der Waals surface area contributed by atoms with Gasteiger partial charge in [-0.3, -0.25) is 4.79 Å². The predicted octanol–water partition coefficient (Wildman–Crippen LogP) is 0.749. The third-order valence-corrected chi connectivity index (χ3v) is 2.98. The first-order valence-electron chi connectivity index (χ1n) is 7.46. The Hall–Kier alpha value is -1.70. The van der Waals surface area contributed by atoms with Crippen LogP contribution in [0.4, 0.5) is 0 Å². The molecular formula is C16H26N2O5. The van der Waals surface area contributed by atoms with Gasteiger partial charge in [-0.15, -0.1) is 0 Å². The number of carbonyl (C=O) groups excluding carboxylic acids is 1. The lowest BCUT2D eigenvalue weighted by Crippen LogP contribution is -2.51. The van der Waals surface area contributed by atoms with Crippen molar-refractivity contribution in [2.45, 2.75) is 38.8 Å². The second kappa shape index (κ2) is 8.24. The highest BCUT2D eigenvalue weighted by Gasteiger charge is 2.25. The number of aliphatic hydroxyl groups is 2. The Bertz CT molecular complexity index is 492. The first kappa shape index (κ1) is 19.3. The average molecular weight is 326 g/mol. The molecule has 1 heterocycles. The van der Waals surface area contributed by atoms with Crippen LogP contribution in [0, 0.1) is 0 Å². The Labute approximate surface area is 136 Å². The molecule has 3 N–H and O–H groups in total. The van der Waals surface area contributed by atoms with E-state index in [9.17, 15) is 15.0 Å². The summed E-state index contributed by atoms with van der Waals surface area (Å²) in [4.78, 5) is 16.1. The highest BCUT2D eigenvalue weighted by atomic mass is 16.5. The largest absolute Gasteiger partial charge is 0.475 e. The van der Waals surface area contributed by atoms with Gasteiger partial charge in [0.05, 0.1) is 36.5 Å². The lowest BCUT2D eigenvalue weighted by molar-refractivity contribution is -0.0168. The fraction of sp³-hybridized carbons (Fsp3) is 0.625. The van der Waals surface area contributed by atoms with Crippen molar-refractivity contribution in [1.29, 1.82) is 0 Å². The first-order chi connectivity index (χ1) is 10.7. The van der Waals surface area contributed by atoms with Gasteiger partial charge >= 0.3 is 0 Å². The summed E-state index contributed by atoms with van der Waals surface area (Å²) in [5, 5.41) is 20.9. The summed E-state index contributed by atoms with van der Waals surface area (Å²) in [7, 11) is 0. The van der Waals surface area contributed by atoms with E-state index < -0.39 is 11.4 Å². The Balaban J connectivity index is 2.51. The van der Waals surface area contributed by atoms with Crippen molar-refractivity contribution in [2.75, 3.05) is 26.4 Å². The van der Waals surface area contributed by atoms with E-state index in [0.29, 0.717) is 24.7 Å². The molecule has 0 aliphatic heterocycles. The van der Waals surface area contributed by atoms with Crippen molar-refractivity contribution in [3.05, 3.63) is 23.9 Å². The summed E-state index contributed by atoms with van der Waals surface area (Å²) in [6.07, 6.45) is 1.38. The summed E-state index contributed by atoms with van der Waals surface area (Å²) in [5.74, 6) is -0.0307. The molecule has 0 bridgehead atoms. The van der Waals surface area contributed by atoms with Crippen molar-refractivity contribution < 1.29 is 24.5 Å². The minimum Gasteiger partial charge on any atom is -0.475 e. The van der Waals surface area contributed by atoms with Gasteiger partial charge in [-0.2, -0.15) is 0 Å². The van der Waals surface area contributed by atoms with Crippen molar-refractivity contribution in [2.24, 2.45) is 0 Å². The van der Waals surface area contributed by atoms with Gasteiger partial charge < -0.3 is 25.0 Å². The van der Waals surface area contributed by atoms with Crippen LogP contribution in [0.2, 0.25) is 0 Å². The van der Waals surface area contributed by atoms with Crippen LogP contribution in [-0.4, -0.2) is 58.7 Å². The molecule has 0 unspecified atom stereocenters. The predicted molar refractivity (Wildman–Crippen MR) is 85.5 cm³/mol. The number of aromatic nitrogens is 1. The molecule has 1 amide bonds. The number of hydrogen-bond acceptors (Lipinski definition) is 6. The van der Waals surface area contributed by atoms with E-state index in [4.69, 9.17) is 9.47 Å². The van der Waals surface area contributed by atoms with Crippen LogP contribution in [-0.2, 0) is 4.74 Å². The SMILES string of the molecule is CC(CO)(CO)NC(=O)c1ccc(OCCOC(C)(C)C)nc1. The number of ether oxygens (including phenoxy) is 2. The average Bonchev–Trinajstić information content (AvgIpc) is 2.51. The topological polar surface area (TPSA) is 101 Å². The van der Waals surface area contributed by atoms with E-state index in [2.05, 4.69) is 10.3 Å². The van der Waals surface area contributed by atoms with Crippen molar-refractivity contribution in [1.82, 2.24) is 10.3 Å². The number of rotatable bonds is 8. The fourth-order valence-corrected chi connectivity index (χ4v) is 1.57. The molecule has 0 aliphatic carbocycles. The number of carbonyl (C=O) groups is 1. The standard InChI is InChI=1S/C16H26N2O5/c1-15(2,3)23-8-7-22-13-6-5-12(9-17-13)14(21)18-16(4,10-19)11-20/h5-6,9,19-20H,7-8,10-11H2,1-4H3,(H,18,21). The number of pyridine rings is 1. The lowest BCUT2D eigenvalue weighted by atomic mass is 10.0. The molecule has 0 fully saturated rings. The first-order valence-corrected chi connectivity index (χ1v) is 7.46. The van der Waals surface area contributed by atoms with Crippen LogP contribution in [0.3, 0.4) is 0 Å². The monoisotopic (exact) mass is 326 g/mol. The summed E-state index contributed by atoms with van der Waals surface area (Å²) in [6.45, 7) is 7.52. The minimum atomic E-state index is -1.07. The Morgan fingerprint density at radius 2 is 1.83 bits per heavy atom. The van der Waals surface area contributed by atoms with Gasteiger partial charge in [0, 0.05) is 12.3 Å². The summed E-state index contributed by atoms with van der Waals surface area (Å²) < 4.78 is 11.0. The van der Waals surface area contributed by atoms with E-state index in [1.165, 1.54) is 6.20 Å². The van der Waals surface area contributed by atoms with Gasteiger partial charge in [0.2, 0.25) is 5.88 Å². The number of nitrogens with zero attached hydrogens (tertiary/aromatic N) is 1. The molecule has 7 heteroatoms. The summed E-state index contributed by atoms with van der Waals surface area (Å²) in [5.41, 5.74) is -0.974. The quantitative estimate of drug-likeness (QED) is 0.610. The number of hydrogen-bond donors (Lipinski definition) is 3. The molecule has 23 heavy (non-hydrogen) atoms. The van der Waals surface area contributed by atoms with E-state index in [1.54, 1.807) is 19.1 Å². The molecule has 0 aromatic carbocycles. The molecule has 0 aliphatic rings. The number of aliphatic hydroxyl groups excluding tert-OH is 2. The second-order valence-electron chi connectivity index (χ2n) is 6.53. The van der Waals surface area contributed by atoms with Crippen molar-refractivity contribution in [3.8, 4) is 5.88 Å². The van der Waals surface area contributed by atoms with Gasteiger partial charge in [0.1, 0.15) is 6.61 Å². The highest BCUT2D eigenvalue weighted by Crippen LogP contribution is 2.10. The normalized spacial score (nSPS) is 12.1. The summed E-state index contributed by atoms with van der Waals surface area (Å²) in [6, 6.07) is 3.15. The Morgan fingerprint density at radius 1 is 1.17 bits per heavy atom. The van der Waals surface area contributed by atoms with Gasteiger partial charge in [0.25, 0.3) is 5.91 Å². The fourth-order valence-electron chi connectivity index (χ4n) is 1.57. The van der Waals surface area contributed by atoms with Crippen LogP contribution in [0.5, 0.6) is 5.88 Å². The van der Waals surface area contributed by atoms with E-state index in [-0.39, 0.29) is 18.8 Å². The highest BCUT2D eigenvalue weighted by molar-refractivity contribution is 5.94. The maximum absolute atomic E-state index is 12.0. The third kappa shape index (κ3) is 6.94. The van der Waals surface area contributed by atoms with Crippen LogP contribution in [0.25, 0.3) is 0 Å². The van der Waals surface area contributed by atoms with Crippen molar-refractivity contribution >= 4 is 5.91 Å². The second-order valence-corrected chi connectivity index (χ2v) is 6.53. The van der Waals surface area contributed by atoms with E-state index in [1.807, 2.05) is 20.8 Å². The van der Waals surface area contributed by atoms with Gasteiger partial charge in [-0.25, -0.2) is 4.98 Å². The molecule has 0 saturated heterocycles. The Morgan fingerprint density at radius 3 is 2.30 bits per heavy atom. The zero-order valence-electron chi connectivity index (χ0n) is 14.1. The molecule has 0 saturated carbocycles. The summed E-state index contributed by atoms with van der Waals surface area (Å²) >= 11 is 0. The third-order valence-electron chi connectivity index (χ3n) is 2.98. The molecule has 0 atom stereocenters. The van der Waals surface area contributed by atoms with E-state index >= 15 is 0 Å². The molecule has 1 aromatic rings. The molecular weight excluding hydrogens is 300 g/mol. The Kier molecular flexibility index (Phi) is 6.93. The molecule has 0 spiro atoms. The molecule has 1 rings (SSSR count). The maximum Gasteiger partial charge on any atom is 0.253 e. The van der Waals surface area contributed by atoms with Crippen molar-refractivity contribution in [3.63, 3.8) is 0 Å². The molecule has 1 aromatic heterocycles. The van der Waals surface area contributed by atoms with Crippen LogP contribution < -0.4 is 10.1 Å².